The Bertz CT molecular complexity index is 809. The topological polar surface area (TPSA) is 78.1 Å². The van der Waals surface area contributed by atoms with Crippen molar-refractivity contribution in [2.75, 3.05) is 20.1 Å². The summed E-state index contributed by atoms with van der Waals surface area (Å²) in [6, 6.07) is 11.5. The summed E-state index contributed by atoms with van der Waals surface area (Å²) in [5, 5.41) is 6.17. The van der Waals surface area contributed by atoms with E-state index in [1.807, 2.05) is 36.4 Å². The van der Waals surface area contributed by atoms with Crippen LogP contribution >= 0.6 is 0 Å². The molecule has 0 saturated carbocycles. The summed E-state index contributed by atoms with van der Waals surface area (Å²) in [6.07, 6.45) is 0.412. The van der Waals surface area contributed by atoms with Gasteiger partial charge in [0.05, 0.1) is 0 Å². The fourth-order valence-electron chi connectivity index (χ4n) is 2.83. The monoisotopic (exact) mass is 356 g/mol. The summed E-state index contributed by atoms with van der Waals surface area (Å²) in [5.74, 6) is 3.01. The van der Waals surface area contributed by atoms with Crippen LogP contribution in [-0.2, 0) is 17.9 Å². The fraction of sp³-hybridized carbons (Fsp3) is 0.316. The van der Waals surface area contributed by atoms with Gasteiger partial charge in [-0.25, -0.2) is 0 Å². The smallest absolute Gasteiger partial charge is 0.231 e. The van der Waals surface area contributed by atoms with Crippen molar-refractivity contribution in [3.63, 3.8) is 0 Å². The zero-order chi connectivity index (χ0) is 17.8. The Morgan fingerprint density at radius 3 is 2.04 bits per heavy atom. The third-order valence-electron chi connectivity index (χ3n) is 4.22. The quantitative estimate of drug-likeness (QED) is 0.739. The Kier molecular flexibility index (Phi) is 4.79. The first-order valence-corrected chi connectivity index (χ1v) is 8.52. The van der Waals surface area contributed by atoms with Crippen molar-refractivity contribution < 1.29 is 23.7 Å². The van der Waals surface area contributed by atoms with Crippen molar-refractivity contribution in [3.05, 3.63) is 47.5 Å². The highest BCUT2D eigenvalue weighted by Crippen LogP contribution is 2.33. The zero-order valence-corrected chi connectivity index (χ0v) is 14.2. The van der Waals surface area contributed by atoms with Gasteiger partial charge in [-0.2, -0.15) is 0 Å². The first-order valence-electron chi connectivity index (χ1n) is 8.52. The molecule has 0 atom stereocenters. The first kappa shape index (κ1) is 16.5. The summed E-state index contributed by atoms with van der Waals surface area (Å²) in [4.78, 5) is 12.0. The van der Waals surface area contributed by atoms with Crippen LogP contribution in [0.5, 0.6) is 23.0 Å². The van der Waals surface area contributed by atoms with E-state index < -0.39 is 0 Å². The second-order valence-corrected chi connectivity index (χ2v) is 6.08. The normalized spacial score (nSPS) is 13.7. The van der Waals surface area contributed by atoms with E-state index in [1.165, 1.54) is 0 Å². The minimum absolute atomic E-state index is 0.000790. The predicted octanol–water partition coefficient (Wildman–Crippen LogP) is 1.94. The minimum Gasteiger partial charge on any atom is -0.454 e. The molecule has 26 heavy (non-hydrogen) atoms. The molecule has 2 aliphatic rings. The molecular formula is C19H20N2O5. The SMILES string of the molecule is O=C(CCNCc1ccc2c(c1)OCO2)NCc1ccc2c(c1)OCO2. The summed E-state index contributed by atoms with van der Waals surface area (Å²) >= 11 is 0. The number of benzene rings is 2. The largest absolute Gasteiger partial charge is 0.454 e. The van der Waals surface area contributed by atoms with Gasteiger partial charge in [-0.15, -0.1) is 0 Å². The highest BCUT2D eigenvalue weighted by molar-refractivity contribution is 5.76. The Hall–Kier alpha value is -2.93. The number of amides is 1. The molecule has 2 N–H and O–H groups in total. The number of hydrogen-bond donors (Lipinski definition) is 2. The van der Waals surface area contributed by atoms with Crippen LogP contribution in [0.1, 0.15) is 17.5 Å². The average molecular weight is 356 g/mol. The lowest BCUT2D eigenvalue weighted by atomic mass is 10.2. The third kappa shape index (κ3) is 3.83. The van der Waals surface area contributed by atoms with E-state index in [4.69, 9.17) is 18.9 Å². The van der Waals surface area contributed by atoms with Crippen molar-refractivity contribution in [1.82, 2.24) is 10.6 Å². The summed E-state index contributed by atoms with van der Waals surface area (Å²) in [6.45, 7) is 2.26. The van der Waals surface area contributed by atoms with Crippen molar-refractivity contribution >= 4 is 5.91 Å². The van der Waals surface area contributed by atoms with Crippen LogP contribution in [0.3, 0.4) is 0 Å². The number of nitrogens with one attached hydrogen (secondary N) is 2. The number of hydrogen-bond acceptors (Lipinski definition) is 6. The Labute approximate surface area is 151 Å². The van der Waals surface area contributed by atoms with E-state index in [1.54, 1.807) is 0 Å². The second-order valence-electron chi connectivity index (χ2n) is 6.08. The molecule has 2 aliphatic heterocycles. The van der Waals surface area contributed by atoms with Crippen molar-refractivity contribution in [3.8, 4) is 23.0 Å². The summed E-state index contributed by atoms with van der Waals surface area (Å²) in [5.41, 5.74) is 2.07. The maximum Gasteiger partial charge on any atom is 0.231 e. The van der Waals surface area contributed by atoms with E-state index in [0.29, 0.717) is 26.1 Å². The van der Waals surface area contributed by atoms with E-state index in [2.05, 4.69) is 10.6 Å². The van der Waals surface area contributed by atoms with Crippen LogP contribution in [0.15, 0.2) is 36.4 Å². The van der Waals surface area contributed by atoms with Gasteiger partial charge in [0.1, 0.15) is 0 Å². The Morgan fingerprint density at radius 2 is 1.38 bits per heavy atom. The molecule has 0 bridgehead atoms. The van der Waals surface area contributed by atoms with Gasteiger partial charge < -0.3 is 29.6 Å². The molecule has 2 aromatic rings. The van der Waals surface area contributed by atoms with Crippen LogP contribution in [0.4, 0.5) is 0 Å². The van der Waals surface area contributed by atoms with Gasteiger partial charge in [0.2, 0.25) is 19.5 Å². The molecule has 2 aromatic carbocycles. The molecule has 0 unspecified atom stereocenters. The summed E-state index contributed by atoms with van der Waals surface area (Å²) in [7, 11) is 0. The van der Waals surface area contributed by atoms with Crippen LogP contribution in [0.25, 0.3) is 0 Å². The predicted molar refractivity (Wildman–Crippen MR) is 93.3 cm³/mol. The molecule has 0 fully saturated rings. The number of ether oxygens (including phenoxy) is 4. The van der Waals surface area contributed by atoms with E-state index in [-0.39, 0.29) is 19.5 Å². The van der Waals surface area contributed by atoms with Crippen molar-refractivity contribution in [1.29, 1.82) is 0 Å². The van der Waals surface area contributed by atoms with Gasteiger partial charge in [-0.05, 0) is 35.4 Å². The fourth-order valence-corrected chi connectivity index (χ4v) is 2.83. The number of fused-ring (bicyclic) bond motifs is 2. The number of rotatable bonds is 7. The van der Waals surface area contributed by atoms with Gasteiger partial charge in [0, 0.05) is 26.1 Å². The van der Waals surface area contributed by atoms with Crippen LogP contribution < -0.4 is 29.6 Å². The van der Waals surface area contributed by atoms with E-state index >= 15 is 0 Å². The zero-order valence-electron chi connectivity index (χ0n) is 14.2. The van der Waals surface area contributed by atoms with E-state index in [0.717, 1.165) is 34.1 Å². The maximum absolute atomic E-state index is 12.0. The lowest BCUT2D eigenvalue weighted by molar-refractivity contribution is -0.121. The van der Waals surface area contributed by atoms with Gasteiger partial charge in [-0.1, -0.05) is 12.1 Å². The molecule has 7 nitrogen and oxygen atoms in total. The van der Waals surface area contributed by atoms with Gasteiger partial charge >= 0.3 is 0 Å². The van der Waals surface area contributed by atoms with Crippen molar-refractivity contribution in [2.24, 2.45) is 0 Å². The molecule has 4 rings (SSSR count). The lowest BCUT2D eigenvalue weighted by Crippen LogP contribution is -2.27. The van der Waals surface area contributed by atoms with Gasteiger partial charge in [-0.3, -0.25) is 4.79 Å². The van der Waals surface area contributed by atoms with Crippen molar-refractivity contribution in [2.45, 2.75) is 19.5 Å². The van der Waals surface area contributed by atoms with Crippen LogP contribution in [0.2, 0.25) is 0 Å². The molecule has 0 radical (unpaired) electrons. The van der Waals surface area contributed by atoms with Crippen LogP contribution in [-0.4, -0.2) is 26.0 Å². The molecular weight excluding hydrogens is 336 g/mol. The number of carbonyl (C=O) groups excluding carboxylic acids is 1. The molecule has 0 saturated heterocycles. The van der Waals surface area contributed by atoms with E-state index in [9.17, 15) is 4.79 Å². The highest BCUT2D eigenvalue weighted by atomic mass is 16.7. The van der Waals surface area contributed by atoms with Gasteiger partial charge in [0.15, 0.2) is 23.0 Å². The average Bonchev–Trinajstić information content (AvgIpc) is 3.31. The van der Waals surface area contributed by atoms with Crippen LogP contribution in [0, 0.1) is 0 Å². The number of carbonyl (C=O) groups is 1. The highest BCUT2D eigenvalue weighted by Gasteiger charge is 2.14. The maximum atomic E-state index is 12.0. The third-order valence-corrected chi connectivity index (χ3v) is 4.22. The molecule has 7 heteroatoms. The Balaban J connectivity index is 1.16. The molecule has 0 aromatic heterocycles. The lowest BCUT2D eigenvalue weighted by Gasteiger charge is -2.08. The Morgan fingerprint density at radius 1 is 0.808 bits per heavy atom. The molecule has 136 valence electrons. The van der Waals surface area contributed by atoms with Gasteiger partial charge in [0.25, 0.3) is 0 Å². The molecule has 2 heterocycles. The first-order chi connectivity index (χ1) is 12.8. The minimum atomic E-state index is 0.000790. The molecule has 0 aliphatic carbocycles. The standard InChI is InChI=1S/C19H20N2O5/c22-19(21-10-14-2-4-16-18(8-14)26-12-24-16)5-6-20-9-13-1-3-15-17(7-13)25-11-23-15/h1-4,7-8,20H,5-6,9-12H2,(H,21,22). The molecule has 0 spiro atoms. The summed E-state index contributed by atoms with van der Waals surface area (Å²) < 4.78 is 21.2. The molecule has 1 amide bonds. The second kappa shape index (κ2) is 7.53.